The Kier molecular flexibility index (Phi) is 5.41. The molecule has 2 aliphatic heterocycles. The van der Waals surface area contributed by atoms with Crippen LogP contribution in [0.5, 0.6) is 0 Å². The summed E-state index contributed by atoms with van der Waals surface area (Å²) in [5.74, 6) is 0.0543. The van der Waals surface area contributed by atoms with Crippen molar-refractivity contribution in [3.8, 4) is 0 Å². The van der Waals surface area contributed by atoms with E-state index in [4.69, 9.17) is 9.47 Å². The van der Waals surface area contributed by atoms with E-state index in [1.54, 1.807) is 11.9 Å². The van der Waals surface area contributed by atoms with Crippen molar-refractivity contribution in [1.29, 1.82) is 0 Å². The quantitative estimate of drug-likeness (QED) is 0.843. The summed E-state index contributed by atoms with van der Waals surface area (Å²) < 4.78 is 11.0. The Balaban J connectivity index is 1.93. The number of nitrogens with zero attached hydrogens (tertiary/aromatic N) is 1. The molecule has 5 heteroatoms. The number of hydrogen-bond donors (Lipinski definition) is 1. The Bertz CT molecular complexity index is 328. The lowest BCUT2D eigenvalue weighted by Gasteiger charge is -2.38. The molecule has 2 aliphatic rings. The minimum atomic E-state index is -0.792. The van der Waals surface area contributed by atoms with E-state index in [0.29, 0.717) is 32.6 Å². The zero-order chi connectivity index (χ0) is 14.6. The molecule has 2 saturated heterocycles. The fraction of sp³-hybridized carbons (Fsp3) is 0.933. The second-order valence-corrected chi connectivity index (χ2v) is 6.10. The maximum Gasteiger partial charge on any atom is 0.228 e. The van der Waals surface area contributed by atoms with Crippen LogP contribution in [0.25, 0.3) is 0 Å². The van der Waals surface area contributed by atoms with Gasteiger partial charge in [0, 0.05) is 46.3 Å². The molecule has 0 spiro atoms. The van der Waals surface area contributed by atoms with Crippen LogP contribution in [0.3, 0.4) is 0 Å². The summed E-state index contributed by atoms with van der Waals surface area (Å²) in [4.78, 5) is 14.3. The van der Waals surface area contributed by atoms with Crippen molar-refractivity contribution < 1.29 is 19.4 Å². The smallest absolute Gasteiger partial charge is 0.228 e. The Morgan fingerprint density at radius 3 is 2.70 bits per heavy atom. The SMILES string of the molecule is CC[C@@H]1OCCC[C@H]1C(=O)N(C)CC1(O)CCOCC1. The minimum Gasteiger partial charge on any atom is -0.388 e. The molecule has 116 valence electrons. The molecule has 20 heavy (non-hydrogen) atoms. The van der Waals surface area contributed by atoms with E-state index in [1.165, 1.54) is 0 Å². The summed E-state index contributed by atoms with van der Waals surface area (Å²) in [6, 6.07) is 0. The zero-order valence-electron chi connectivity index (χ0n) is 12.6. The van der Waals surface area contributed by atoms with Gasteiger partial charge in [0.2, 0.25) is 5.91 Å². The zero-order valence-corrected chi connectivity index (χ0v) is 12.6. The lowest BCUT2D eigenvalue weighted by atomic mass is 9.89. The highest BCUT2D eigenvalue weighted by molar-refractivity contribution is 5.79. The van der Waals surface area contributed by atoms with Crippen molar-refractivity contribution in [2.24, 2.45) is 5.92 Å². The first kappa shape index (κ1) is 15.7. The molecule has 2 atom stereocenters. The average molecular weight is 285 g/mol. The molecule has 0 saturated carbocycles. The minimum absolute atomic E-state index is 0.0306. The Morgan fingerprint density at radius 2 is 2.05 bits per heavy atom. The average Bonchev–Trinajstić information content (AvgIpc) is 2.46. The van der Waals surface area contributed by atoms with Gasteiger partial charge in [-0.3, -0.25) is 4.79 Å². The summed E-state index contributed by atoms with van der Waals surface area (Å²) in [6.45, 7) is 4.35. The summed E-state index contributed by atoms with van der Waals surface area (Å²) in [5.41, 5.74) is -0.792. The van der Waals surface area contributed by atoms with Gasteiger partial charge in [0.05, 0.1) is 17.6 Å². The molecule has 0 aromatic carbocycles. The second kappa shape index (κ2) is 6.87. The molecule has 5 nitrogen and oxygen atoms in total. The normalized spacial score (nSPS) is 29.9. The van der Waals surface area contributed by atoms with Gasteiger partial charge in [-0.05, 0) is 19.3 Å². The summed E-state index contributed by atoms with van der Waals surface area (Å²) in [6.07, 6.45) is 3.93. The molecule has 0 unspecified atom stereocenters. The van der Waals surface area contributed by atoms with E-state index >= 15 is 0 Å². The number of ether oxygens (including phenoxy) is 2. The first-order valence-electron chi connectivity index (χ1n) is 7.72. The predicted octanol–water partition coefficient (Wildman–Crippen LogP) is 1.19. The molecule has 1 N–H and O–H groups in total. The summed E-state index contributed by atoms with van der Waals surface area (Å²) >= 11 is 0. The molecule has 0 aromatic heterocycles. The fourth-order valence-corrected chi connectivity index (χ4v) is 3.24. The first-order chi connectivity index (χ1) is 9.56. The van der Waals surface area contributed by atoms with Crippen molar-refractivity contribution in [3.05, 3.63) is 0 Å². The van der Waals surface area contributed by atoms with Crippen LogP contribution in [0.4, 0.5) is 0 Å². The maximum atomic E-state index is 12.6. The van der Waals surface area contributed by atoms with Crippen molar-refractivity contribution in [3.63, 3.8) is 0 Å². The standard InChI is InChI=1S/C15H27NO4/c1-3-13-12(5-4-8-20-13)14(17)16(2)11-15(18)6-9-19-10-7-15/h12-13,18H,3-11H2,1-2H3/t12-,13+/m1/s1. The molecule has 0 radical (unpaired) electrons. The molecule has 0 aromatic rings. The number of likely N-dealkylation sites (N-methyl/N-ethyl adjacent to an activating group) is 1. The van der Waals surface area contributed by atoms with Gasteiger partial charge in [0.15, 0.2) is 0 Å². The van der Waals surface area contributed by atoms with Crippen LogP contribution >= 0.6 is 0 Å². The van der Waals surface area contributed by atoms with Gasteiger partial charge in [-0.25, -0.2) is 0 Å². The van der Waals surface area contributed by atoms with E-state index in [9.17, 15) is 9.90 Å². The maximum absolute atomic E-state index is 12.6. The Morgan fingerprint density at radius 1 is 1.35 bits per heavy atom. The number of rotatable bonds is 4. The lowest BCUT2D eigenvalue weighted by molar-refractivity contribution is -0.149. The van der Waals surface area contributed by atoms with Crippen molar-refractivity contribution in [2.75, 3.05) is 33.4 Å². The number of hydrogen-bond acceptors (Lipinski definition) is 4. The highest BCUT2D eigenvalue weighted by atomic mass is 16.5. The number of carbonyl (C=O) groups excluding carboxylic acids is 1. The van der Waals surface area contributed by atoms with Crippen molar-refractivity contribution in [1.82, 2.24) is 4.90 Å². The van der Waals surface area contributed by atoms with Crippen LogP contribution in [0, 0.1) is 5.92 Å². The van der Waals surface area contributed by atoms with Gasteiger partial charge < -0.3 is 19.5 Å². The molecular formula is C15H27NO4. The van der Waals surface area contributed by atoms with Gasteiger partial charge in [-0.2, -0.15) is 0 Å². The monoisotopic (exact) mass is 285 g/mol. The molecule has 2 rings (SSSR count). The van der Waals surface area contributed by atoms with Gasteiger partial charge in [0.1, 0.15) is 0 Å². The summed E-state index contributed by atoms with van der Waals surface area (Å²) in [5, 5.41) is 10.5. The van der Waals surface area contributed by atoms with Crippen molar-refractivity contribution >= 4 is 5.91 Å². The number of aliphatic hydroxyl groups is 1. The van der Waals surface area contributed by atoms with E-state index in [1.807, 2.05) is 0 Å². The van der Waals surface area contributed by atoms with E-state index in [-0.39, 0.29) is 17.9 Å². The van der Waals surface area contributed by atoms with Crippen LogP contribution in [0.15, 0.2) is 0 Å². The Labute approximate surface area is 121 Å². The number of carbonyl (C=O) groups is 1. The van der Waals surface area contributed by atoms with E-state index < -0.39 is 5.60 Å². The molecule has 2 fully saturated rings. The lowest BCUT2D eigenvalue weighted by Crippen LogP contribution is -2.50. The molecule has 2 heterocycles. The van der Waals surface area contributed by atoms with Gasteiger partial charge >= 0.3 is 0 Å². The highest BCUT2D eigenvalue weighted by Crippen LogP contribution is 2.27. The molecule has 0 bridgehead atoms. The molecule has 1 amide bonds. The first-order valence-corrected chi connectivity index (χ1v) is 7.72. The van der Waals surface area contributed by atoms with Crippen LogP contribution in [-0.2, 0) is 14.3 Å². The second-order valence-electron chi connectivity index (χ2n) is 6.10. The van der Waals surface area contributed by atoms with Gasteiger partial charge in [-0.15, -0.1) is 0 Å². The third-order valence-corrected chi connectivity index (χ3v) is 4.49. The molecular weight excluding hydrogens is 258 g/mol. The van der Waals surface area contributed by atoms with E-state index in [0.717, 1.165) is 25.9 Å². The summed E-state index contributed by atoms with van der Waals surface area (Å²) in [7, 11) is 1.79. The third-order valence-electron chi connectivity index (χ3n) is 4.49. The van der Waals surface area contributed by atoms with Crippen LogP contribution < -0.4 is 0 Å². The highest BCUT2D eigenvalue weighted by Gasteiger charge is 2.37. The predicted molar refractivity (Wildman–Crippen MR) is 75.4 cm³/mol. The van der Waals surface area contributed by atoms with Crippen LogP contribution in [-0.4, -0.2) is 61.0 Å². The number of amides is 1. The van der Waals surface area contributed by atoms with Gasteiger partial charge in [-0.1, -0.05) is 6.92 Å². The fourth-order valence-electron chi connectivity index (χ4n) is 3.24. The van der Waals surface area contributed by atoms with Crippen LogP contribution in [0.1, 0.15) is 39.0 Å². The largest absolute Gasteiger partial charge is 0.388 e. The van der Waals surface area contributed by atoms with Crippen molar-refractivity contribution in [2.45, 2.75) is 50.7 Å². The molecule has 0 aliphatic carbocycles. The third kappa shape index (κ3) is 3.71. The topological polar surface area (TPSA) is 59.0 Å². The van der Waals surface area contributed by atoms with Gasteiger partial charge in [0.25, 0.3) is 0 Å². The van der Waals surface area contributed by atoms with E-state index in [2.05, 4.69) is 6.92 Å². The van der Waals surface area contributed by atoms with Crippen LogP contribution in [0.2, 0.25) is 0 Å². The Hall–Kier alpha value is -0.650.